The molecule has 0 radical (unpaired) electrons. The molecule has 2 heterocycles. The molecule has 1 fully saturated rings. The van der Waals surface area contributed by atoms with Crippen LogP contribution in [0.15, 0.2) is 30.5 Å². The standard InChI is InChI=1S/C15H17N3O3/c1-21-11-7-12-13(16-8-11)3-2-4-14(12)17-10-5-6-18(9-10)15(19)20/h2-4,7-8,10,17H,5-6,9H2,1H3,(H,19,20)/t10-/m0/s1. The van der Waals surface area contributed by atoms with Crippen molar-refractivity contribution >= 4 is 22.7 Å². The highest BCUT2D eigenvalue weighted by Gasteiger charge is 2.25. The second-order valence-corrected chi connectivity index (χ2v) is 5.11. The highest BCUT2D eigenvalue weighted by atomic mass is 16.5. The number of rotatable bonds is 3. The lowest BCUT2D eigenvalue weighted by atomic mass is 10.1. The number of anilines is 1. The maximum atomic E-state index is 11.0. The van der Waals surface area contributed by atoms with Gasteiger partial charge >= 0.3 is 6.09 Å². The molecule has 0 bridgehead atoms. The van der Waals surface area contributed by atoms with Gasteiger partial charge in [-0.05, 0) is 24.6 Å². The smallest absolute Gasteiger partial charge is 0.407 e. The number of aromatic nitrogens is 1. The number of hydrogen-bond acceptors (Lipinski definition) is 4. The number of carbonyl (C=O) groups is 1. The van der Waals surface area contributed by atoms with Gasteiger partial charge in [-0.25, -0.2) is 4.79 Å². The summed E-state index contributed by atoms with van der Waals surface area (Å²) in [6.45, 7) is 1.07. The Balaban J connectivity index is 1.85. The lowest BCUT2D eigenvalue weighted by Gasteiger charge is -2.16. The normalized spacial score (nSPS) is 18.0. The van der Waals surface area contributed by atoms with Crippen LogP contribution in [0.5, 0.6) is 5.75 Å². The van der Waals surface area contributed by atoms with Crippen molar-refractivity contribution in [2.75, 3.05) is 25.5 Å². The predicted octanol–water partition coefficient (Wildman–Crippen LogP) is 2.41. The zero-order valence-electron chi connectivity index (χ0n) is 11.7. The predicted molar refractivity (Wildman–Crippen MR) is 79.9 cm³/mol. The fourth-order valence-corrected chi connectivity index (χ4v) is 2.64. The summed E-state index contributed by atoms with van der Waals surface area (Å²) in [7, 11) is 1.61. The van der Waals surface area contributed by atoms with E-state index < -0.39 is 6.09 Å². The molecule has 1 saturated heterocycles. The lowest BCUT2D eigenvalue weighted by Crippen LogP contribution is -2.30. The third-order valence-electron chi connectivity index (χ3n) is 3.75. The molecule has 6 heteroatoms. The molecule has 1 aliphatic heterocycles. The Morgan fingerprint density at radius 1 is 1.52 bits per heavy atom. The molecule has 2 N–H and O–H groups in total. The van der Waals surface area contributed by atoms with Gasteiger partial charge in [-0.3, -0.25) is 4.98 Å². The number of hydrogen-bond donors (Lipinski definition) is 2. The van der Waals surface area contributed by atoms with Crippen LogP contribution >= 0.6 is 0 Å². The van der Waals surface area contributed by atoms with Crippen molar-refractivity contribution in [1.82, 2.24) is 9.88 Å². The molecular formula is C15H17N3O3. The van der Waals surface area contributed by atoms with Gasteiger partial charge in [-0.2, -0.15) is 0 Å². The van der Waals surface area contributed by atoms with E-state index in [0.717, 1.165) is 23.0 Å². The van der Waals surface area contributed by atoms with Crippen molar-refractivity contribution in [2.24, 2.45) is 0 Å². The number of fused-ring (bicyclic) bond motifs is 1. The number of pyridine rings is 1. The Kier molecular flexibility index (Phi) is 3.51. The molecule has 1 atom stereocenters. The first-order chi connectivity index (χ1) is 10.2. The summed E-state index contributed by atoms with van der Waals surface area (Å²) in [6, 6.07) is 7.92. The summed E-state index contributed by atoms with van der Waals surface area (Å²) in [4.78, 5) is 16.8. The molecule has 1 amide bonds. The Hall–Kier alpha value is -2.50. The van der Waals surface area contributed by atoms with E-state index in [1.54, 1.807) is 13.3 Å². The van der Waals surface area contributed by atoms with Crippen molar-refractivity contribution in [1.29, 1.82) is 0 Å². The first-order valence-electron chi connectivity index (χ1n) is 6.84. The van der Waals surface area contributed by atoms with Crippen molar-refractivity contribution in [2.45, 2.75) is 12.5 Å². The van der Waals surface area contributed by atoms with Crippen LogP contribution in [0.25, 0.3) is 10.9 Å². The Morgan fingerprint density at radius 2 is 2.38 bits per heavy atom. The number of likely N-dealkylation sites (tertiary alicyclic amines) is 1. The Bertz CT molecular complexity index is 674. The van der Waals surface area contributed by atoms with E-state index >= 15 is 0 Å². The average molecular weight is 287 g/mol. The van der Waals surface area contributed by atoms with Crippen LogP contribution in [-0.2, 0) is 0 Å². The zero-order valence-corrected chi connectivity index (χ0v) is 11.7. The van der Waals surface area contributed by atoms with Crippen LogP contribution in [-0.4, -0.2) is 47.3 Å². The fraction of sp³-hybridized carbons (Fsp3) is 0.333. The SMILES string of the molecule is COc1cnc2cccc(N[C@H]3CCN(C(=O)O)C3)c2c1. The minimum absolute atomic E-state index is 0.123. The number of nitrogens with one attached hydrogen (secondary N) is 1. The molecule has 1 aromatic carbocycles. The van der Waals surface area contributed by atoms with Crippen LogP contribution in [0.4, 0.5) is 10.5 Å². The van der Waals surface area contributed by atoms with Gasteiger partial charge in [0, 0.05) is 30.2 Å². The monoisotopic (exact) mass is 287 g/mol. The number of ether oxygens (including phenoxy) is 1. The van der Waals surface area contributed by atoms with Gasteiger partial charge in [0.25, 0.3) is 0 Å². The van der Waals surface area contributed by atoms with E-state index in [2.05, 4.69) is 10.3 Å². The van der Waals surface area contributed by atoms with Gasteiger partial charge in [0.2, 0.25) is 0 Å². The number of amides is 1. The molecule has 6 nitrogen and oxygen atoms in total. The summed E-state index contributed by atoms with van der Waals surface area (Å²) in [5.74, 6) is 0.704. The molecule has 0 saturated carbocycles. The average Bonchev–Trinajstić information content (AvgIpc) is 2.96. The summed E-state index contributed by atoms with van der Waals surface area (Å²) in [5, 5.41) is 13.4. The van der Waals surface area contributed by atoms with Crippen LogP contribution in [0.2, 0.25) is 0 Å². The number of carboxylic acid groups (broad SMARTS) is 1. The number of nitrogens with zero attached hydrogens (tertiary/aromatic N) is 2. The van der Waals surface area contributed by atoms with Crippen molar-refractivity contribution in [3.05, 3.63) is 30.5 Å². The van der Waals surface area contributed by atoms with Crippen molar-refractivity contribution < 1.29 is 14.6 Å². The Morgan fingerprint density at radius 3 is 3.10 bits per heavy atom. The highest BCUT2D eigenvalue weighted by Crippen LogP contribution is 2.27. The third kappa shape index (κ3) is 2.69. The summed E-state index contributed by atoms with van der Waals surface area (Å²) < 4.78 is 5.22. The van der Waals surface area contributed by atoms with Crippen LogP contribution in [0, 0.1) is 0 Å². The van der Waals surface area contributed by atoms with E-state index in [9.17, 15) is 4.79 Å². The van der Waals surface area contributed by atoms with E-state index in [1.165, 1.54) is 4.90 Å². The highest BCUT2D eigenvalue weighted by molar-refractivity contribution is 5.92. The minimum Gasteiger partial charge on any atom is -0.495 e. The van der Waals surface area contributed by atoms with Crippen LogP contribution in [0.3, 0.4) is 0 Å². The van der Waals surface area contributed by atoms with Gasteiger partial charge in [-0.15, -0.1) is 0 Å². The molecule has 21 heavy (non-hydrogen) atoms. The van der Waals surface area contributed by atoms with E-state index in [0.29, 0.717) is 18.8 Å². The first-order valence-corrected chi connectivity index (χ1v) is 6.84. The quantitative estimate of drug-likeness (QED) is 0.906. The largest absolute Gasteiger partial charge is 0.495 e. The zero-order chi connectivity index (χ0) is 14.8. The summed E-state index contributed by atoms with van der Waals surface area (Å²) in [6.07, 6.45) is 1.63. The molecule has 0 spiro atoms. The molecule has 3 rings (SSSR count). The molecule has 0 aliphatic carbocycles. The van der Waals surface area contributed by atoms with Gasteiger partial charge < -0.3 is 20.1 Å². The van der Waals surface area contributed by atoms with E-state index in [1.807, 2.05) is 24.3 Å². The number of benzene rings is 1. The van der Waals surface area contributed by atoms with Gasteiger partial charge in [0.15, 0.2) is 0 Å². The second kappa shape index (κ2) is 5.47. The van der Waals surface area contributed by atoms with Crippen LogP contribution < -0.4 is 10.1 Å². The third-order valence-corrected chi connectivity index (χ3v) is 3.75. The van der Waals surface area contributed by atoms with E-state index in [4.69, 9.17) is 9.84 Å². The molecule has 1 aromatic heterocycles. The van der Waals surface area contributed by atoms with Gasteiger partial charge in [-0.1, -0.05) is 6.07 Å². The van der Waals surface area contributed by atoms with Crippen LogP contribution in [0.1, 0.15) is 6.42 Å². The van der Waals surface area contributed by atoms with E-state index in [-0.39, 0.29) is 6.04 Å². The van der Waals surface area contributed by atoms with Gasteiger partial charge in [0.1, 0.15) is 5.75 Å². The van der Waals surface area contributed by atoms with Crippen molar-refractivity contribution in [3.63, 3.8) is 0 Å². The Labute approximate surface area is 122 Å². The second-order valence-electron chi connectivity index (χ2n) is 5.11. The van der Waals surface area contributed by atoms with Crippen molar-refractivity contribution in [3.8, 4) is 5.75 Å². The summed E-state index contributed by atoms with van der Waals surface area (Å²) in [5.41, 5.74) is 1.84. The topological polar surface area (TPSA) is 74.7 Å². The number of methoxy groups -OCH3 is 1. The molecule has 2 aromatic rings. The molecule has 110 valence electrons. The first kappa shape index (κ1) is 13.5. The molecular weight excluding hydrogens is 270 g/mol. The molecule has 1 aliphatic rings. The maximum absolute atomic E-state index is 11.0. The van der Waals surface area contributed by atoms with Gasteiger partial charge in [0.05, 0.1) is 18.8 Å². The fourth-order valence-electron chi connectivity index (χ4n) is 2.64. The molecule has 0 unspecified atom stereocenters. The summed E-state index contributed by atoms with van der Waals surface area (Å²) >= 11 is 0. The lowest BCUT2D eigenvalue weighted by molar-refractivity contribution is 0.155. The minimum atomic E-state index is -0.861. The maximum Gasteiger partial charge on any atom is 0.407 e.